The number of hydrogen-bond acceptors (Lipinski definition) is 5. The molecule has 0 bridgehead atoms. The van der Waals surface area contributed by atoms with Crippen molar-refractivity contribution in [1.29, 1.82) is 5.26 Å². The van der Waals surface area contributed by atoms with Gasteiger partial charge >= 0.3 is 6.09 Å². The summed E-state index contributed by atoms with van der Waals surface area (Å²) in [6.07, 6.45) is -0.203. The lowest BCUT2D eigenvalue weighted by Crippen LogP contribution is -2.39. The van der Waals surface area contributed by atoms with E-state index in [9.17, 15) is 14.6 Å². The Kier molecular flexibility index (Phi) is 6.18. The quantitative estimate of drug-likeness (QED) is 0.774. The number of carbonyl (C=O) groups excluding carboxylic acids is 1. The maximum Gasteiger partial charge on any atom is 0.408 e. The smallest absolute Gasteiger partial charge is 0.408 e. The van der Waals surface area contributed by atoms with Gasteiger partial charge in [-0.2, -0.15) is 5.26 Å². The molecule has 0 fully saturated rings. The Morgan fingerprint density at radius 2 is 1.93 bits per heavy atom. The number of carbonyl (C=O) groups is 1. The van der Waals surface area contributed by atoms with Crippen LogP contribution in [0.1, 0.15) is 31.9 Å². The fraction of sp³-hybridized carbons (Fsp3) is 0.364. The second-order valence-electron chi connectivity index (χ2n) is 8.09. The maximum absolute atomic E-state index is 12.1. The van der Waals surface area contributed by atoms with Crippen LogP contribution >= 0.6 is 0 Å². The third kappa shape index (κ3) is 5.30. The highest BCUT2D eigenvalue weighted by molar-refractivity contribution is 7.89. The lowest BCUT2D eigenvalue weighted by atomic mass is 9.99. The van der Waals surface area contributed by atoms with Gasteiger partial charge in [0.05, 0.1) is 24.0 Å². The number of nitriles is 1. The molecule has 0 aliphatic carbocycles. The third-order valence-corrected chi connectivity index (χ3v) is 5.97. The van der Waals surface area contributed by atoms with Gasteiger partial charge in [-0.25, -0.2) is 4.79 Å². The van der Waals surface area contributed by atoms with E-state index in [1.807, 2.05) is 47.8 Å². The van der Waals surface area contributed by atoms with E-state index in [0.717, 1.165) is 27.1 Å². The van der Waals surface area contributed by atoms with Crippen LogP contribution in [0.4, 0.5) is 4.79 Å². The molecule has 1 aliphatic rings. The molecule has 3 rings (SSSR count). The average Bonchev–Trinajstić information content (AvgIpc) is 2.93. The highest BCUT2D eigenvalue weighted by Crippen LogP contribution is 2.32. The van der Waals surface area contributed by atoms with Crippen LogP contribution in [0.5, 0.6) is 0 Å². The fourth-order valence-corrected chi connectivity index (χ4v) is 4.29. The molecule has 0 aromatic heterocycles. The number of benzene rings is 2. The number of fused-ring (bicyclic) bond motifs is 1. The number of hydrogen-bond donors (Lipinski definition) is 1. The Labute approximate surface area is 174 Å². The van der Waals surface area contributed by atoms with E-state index in [1.54, 1.807) is 20.8 Å². The average molecular weight is 412 g/mol. The van der Waals surface area contributed by atoms with Crippen LogP contribution < -0.4 is 5.32 Å². The highest BCUT2D eigenvalue weighted by Gasteiger charge is 2.30. The number of ether oxygens (including phenoxy) is 1. The van der Waals surface area contributed by atoms with Crippen LogP contribution in [-0.4, -0.2) is 33.6 Å². The minimum Gasteiger partial charge on any atom is -0.593 e. The first-order valence-electron chi connectivity index (χ1n) is 9.40. The fourth-order valence-electron chi connectivity index (χ4n) is 3.17. The molecule has 1 amide bonds. The summed E-state index contributed by atoms with van der Waals surface area (Å²) in [5.74, 6) is 0. The molecule has 29 heavy (non-hydrogen) atoms. The Morgan fingerprint density at radius 3 is 2.55 bits per heavy atom. The van der Waals surface area contributed by atoms with Crippen molar-refractivity contribution in [3.05, 3.63) is 53.6 Å². The van der Waals surface area contributed by atoms with Crippen LogP contribution in [0, 0.1) is 11.3 Å². The van der Waals surface area contributed by atoms with Gasteiger partial charge in [0.15, 0.2) is 4.90 Å². The maximum atomic E-state index is 12.1. The first kappa shape index (κ1) is 21.2. The van der Waals surface area contributed by atoms with Gasteiger partial charge in [-0.05, 0) is 55.7 Å². The third-order valence-electron chi connectivity index (χ3n) is 4.50. The predicted octanol–water partition coefficient (Wildman–Crippen LogP) is 3.78. The molecule has 1 heterocycles. The molecule has 2 atom stereocenters. The van der Waals surface area contributed by atoms with Crippen molar-refractivity contribution in [3.63, 3.8) is 0 Å². The van der Waals surface area contributed by atoms with Crippen molar-refractivity contribution in [2.75, 3.05) is 7.05 Å². The van der Waals surface area contributed by atoms with Crippen LogP contribution in [0.25, 0.3) is 11.1 Å². The van der Waals surface area contributed by atoms with Gasteiger partial charge in [-0.3, -0.25) is 0 Å². The molecule has 6 nitrogen and oxygen atoms in total. The molecule has 2 aromatic carbocycles. The predicted molar refractivity (Wildman–Crippen MR) is 112 cm³/mol. The van der Waals surface area contributed by atoms with E-state index in [2.05, 4.69) is 17.5 Å². The zero-order chi connectivity index (χ0) is 21.2. The zero-order valence-electron chi connectivity index (χ0n) is 17.1. The minimum atomic E-state index is -1.07. The molecule has 2 aromatic rings. The standard InChI is InChI=1S/C22H25N3O3S/c1-22(2,3)28-21(26)24-19(13-23)11-15-5-7-16(8-6-15)17-9-10-20-18(12-17)14-25(4)29(20)27/h5-10,12,19H,11,14H2,1-4H3,(H,24,26)/t19-,29?/m0/s1. The van der Waals surface area contributed by atoms with Gasteiger partial charge in [0, 0.05) is 19.0 Å². The van der Waals surface area contributed by atoms with Gasteiger partial charge in [0.25, 0.3) is 0 Å². The second-order valence-corrected chi connectivity index (χ2v) is 9.65. The van der Waals surface area contributed by atoms with Gasteiger partial charge in [0.2, 0.25) is 0 Å². The number of rotatable bonds is 4. The summed E-state index contributed by atoms with van der Waals surface area (Å²) in [7, 11) is 1.85. The second kappa shape index (κ2) is 8.46. The SMILES string of the molecule is CN1Cc2cc(-c3ccc(C[C@@H](C#N)NC(=O)OC(C)(C)C)cc3)ccc2[S+]1[O-]. The highest BCUT2D eigenvalue weighted by atomic mass is 32.2. The summed E-state index contributed by atoms with van der Waals surface area (Å²) in [4.78, 5) is 12.8. The minimum absolute atomic E-state index is 0.393. The van der Waals surface area contributed by atoms with Crippen molar-refractivity contribution in [2.45, 2.75) is 50.3 Å². The summed E-state index contributed by atoms with van der Waals surface area (Å²) in [5, 5.41) is 11.9. The number of nitrogens with zero attached hydrogens (tertiary/aromatic N) is 2. The topological polar surface area (TPSA) is 88.4 Å². The van der Waals surface area contributed by atoms with E-state index in [-0.39, 0.29) is 0 Å². The molecule has 1 N–H and O–H groups in total. The number of alkyl carbamates (subject to hydrolysis) is 1. The number of amides is 1. The Hall–Kier alpha value is -2.53. The van der Waals surface area contributed by atoms with Crippen molar-refractivity contribution in [2.24, 2.45) is 0 Å². The molecule has 7 heteroatoms. The molecule has 0 radical (unpaired) electrons. The lowest BCUT2D eigenvalue weighted by Gasteiger charge is -2.21. The molecule has 1 unspecified atom stereocenters. The summed E-state index contributed by atoms with van der Waals surface area (Å²) >= 11 is -1.07. The molecular weight excluding hydrogens is 386 g/mol. The van der Waals surface area contributed by atoms with Gasteiger partial charge in [-0.15, -0.1) is 4.31 Å². The van der Waals surface area contributed by atoms with Crippen molar-refractivity contribution >= 4 is 17.5 Å². The first-order valence-corrected chi connectivity index (χ1v) is 10.5. The molecule has 0 saturated carbocycles. The van der Waals surface area contributed by atoms with Crippen LogP contribution in [0.2, 0.25) is 0 Å². The van der Waals surface area contributed by atoms with Gasteiger partial charge in [0.1, 0.15) is 11.6 Å². The van der Waals surface area contributed by atoms with E-state index in [4.69, 9.17) is 4.74 Å². The van der Waals surface area contributed by atoms with E-state index >= 15 is 0 Å². The monoisotopic (exact) mass is 411 g/mol. The molecule has 1 aliphatic heterocycles. The summed E-state index contributed by atoms with van der Waals surface area (Å²) in [5.41, 5.74) is 3.52. The van der Waals surface area contributed by atoms with Crippen molar-refractivity contribution < 1.29 is 14.1 Å². The Balaban J connectivity index is 1.67. The molecular formula is C22H25N3O3S. The number of nitrogens with one attached hydrogen (secondary N) is 1. The Morgan fingerprint density at radius 1 is 1.28 bits per heavy atom. The molecule has 152 valence electrons. The lowest BCUT2D eigenvalue weighted by molar-refractivity contribution is 0.0516. The van der Waals surface area contributed by atoms with Crippen LogP contribution in [0.15, 0.2) is 47.4 Å². The molecule has 0 spiro atoms. The van der Waals surface area contributed by atoms with Crippen LogP contribution in [-0.2, 0) is 29.1 Å². The molecule has 0 saturated heterocycles. The van der Waals surface area contributed by atoms with Crippen LogP contribution in [0.3, 0.4) is 0 Å². The normalized spacial score (nSPS) is 17.3. The zero-order valence-corrected chi connectivity index (χ0v) is 17.9. The van der Waals surface area contributed by atoms with Crippen molar-refractivity contribution in [1.82, 2.24) is 9.62 Å². The van der Waals surface area contributed by atoms with Gasteiger partial charge in [-0.1, -0.05) is 24.3 Å². The first-order chi connectivity index (χ1) is 13.7. The van der Waals surface area contributed by atoms with E-state index in [0.29, 0.717) is 13.0 Å². The summed E-state index contributed by atoms with van der Waals surface area (Å²) in [6.45, 7) is 6.01. The van der Waals surface area contributed by atoms with Crippen molar-refractivity contribution in [3.8, 4) is 17.2 Å². The largest absolute Gasteiger partial charge is 0.593 e. The van der Waals surface area contributed by atoms with E-state index < -0.39 is 29.1 Å². The Bertz CT molecular complexity index is 932. The van der Waals surface area contributed by atoms with E-state index in [1.165, 1.54) is 0 Å². The summed E-state index contributed by atoms with van der Waals surface area (Å²) in [6, 6.07) is 15.3. The summed E-state index contributed by atoms with van der Waals surface area (Å²) < 4.78 is 19.2. The van der Waals surface area contributed by atoms with Gasteiger partial charge < -0.3 is 14.6 Å².